The van der Waals surface area contributed by atoms with Gasteiger partial charge in [0.25, 0.3) is 5.91 Å². The third kappa shape index (κ3) is 5.61. The van der Waals surface area contributed by atoms with E-state index < -0.39 is 5.60 Å². The van der Waals surface area contributed by atoms with Crippen LogP contribution in [0.1, 0.15) is 47.4 Å². The number of nitrogens with zero attached hydrogens (tertiary/aromatic N) is 3. The molecule has 0 radical (unpaired) electrons. The summed E-state index contributed by atoms with van der Waals surface area (Å²) in [5.74, 6) is 0.350. The topological polar surface area (TPSA) is 60.2 Å². The zero-order valence-electron chi connectivity index (χ0n) is 20.8. The predicted molar refractivity (Wildman–Crippen MR) is 139 cm³/mol. The second-order valence-electron chi connectivity index (χ2n) is 10.3. The van der Waals surface area contributed by atoms with Gasteiger partial charge in [-0.25, -0.2) is 0 Å². The fourth-order valence-electron chi connectivity index (χ4n) is 5.43. The van der Waals surface area contributed by atoms with Gasteiger partial charge in [0.15, 0.2) is 5.76 Å². The first kappa shape index (κ1) is 24.0. The maximum Gasteiger partial charge on any atom is 0.289 e. The van der Waals surface area contributed by atoms with Crippen LogP contribution in [0.25, 0.3) is 11.0 Å². The number of carbonyl (C=O) groups excluding carboxylic acids is 1. The van der Waals surface area contributed by atoms with E-state index in [-0.39, 0.29) is 5.91 Å². The first-order chi connectivity index (χ1) is 17.0. The van der Waals surface area contributed by atoms with Gasteiger partial charge in [-0.05, 0) is 81.6 Å². The summed E-state index contributed by atoms with van der Waals surface area (Å²) in [6.07, 6.45) is 4.63. The van der Waals surface area contributed by atoms with Crippen LogP contribution in [0.15, 0.2) is 59.0 Å². The maximum absolute atomic E-state index is 13.1. The summed E-state index contributed by atoms with van der Waals surface area (Å²) in [4.78, 5) is 19.7. The van der Waals surface area contributed by atoms with E-state index in [1.54, 1.807) is 0 Å². The molecule has 35 heavy (non-hydrogen) atoms. The van der Waals surface area contributed by atoms with Gasteiger partial charge >= 0.3 is 0 Å². The molecular weight excluding hydrogens is 438 g/mol. The normalized spacial score (nSPS) is 19.7. The Balaban J connectivity index is 1.20. The average Bonchev–Trinajstić information content (AvgIpc) is 3.19. The van der Waals surface area contributed by atoms with E-state index >= 15 is 0 Å². The Bertz CT molecular complexity index is 1130. The predicted octanol–water partition coefficient (Wildman–Crippen LogP) is 4.13. The lowest BCUT2D eigenvalue weighted by molar-refractivity contribution is -0.0258. The Morgan fingerprint density at radius 3 is 2.57 bits per heavy atom. The number of benzene rings is 2. The molecule has 6 heteroatoms. The van der Waals surface area contributed by atoms with Crippen molar-refractivity contribution in [1.82, 2.24) is 14.7 Å². The van der Waals surface area contributed by atoms with E-state index in [2.05, 4.69) is 47.2 Å². The SMILES string of the molecule is CN1CCCN(C(=O)c2cc3cc(C4(O)CCN(CCCc5ccccc5)CC4)ccc3o2)CC1. The molecule has 6 nitrogen and oxygen atoms in total. The van der Waals surface area contributed by atoms with Crippen molar-refractivity contribution >= 4 is 16.9 Å². The van der Waals surface area contributed by atoms with Crippen molar-refractivity contribution in [2.45, 2.75) is 37.7 Å². The van der Waals surface area contributed by atoms with Crippen LogP contribution < -0.4 is 0 Å². The second kappa shape index (κ2) is 10.5. The van der Waals surface area contributed by atoms with Crippen LogP contribution in [-0.4, -0.2) is 78.6 Å². The van der Waals surface area contributed by atoms with Gasteiger partial charge in [0.05, 0.1) is 5.60 Å². The standard InChI is InChI=1S/C29H37N3O3/c1-30-14-6-16-32(20-19-30)28(33)27-22-24-21-25(10-11-26(24)35-27)29(34)12-17-31(18-13-29)15-5-9-23-7-3-2-4-8-23/h2-4,7-8,10-11,21-22,34H,5-6,9,12-20H2,1H3. The molecule has 5 rings (SSSR count). The van der Waals surface area contributed by atoms with E-state index in [1.807, 2.05) is 29.2 Å². The molecule has 1 N–H and O–H groups in total. The Kier molecular flexibility index (Phi) is 7.23. The number of fused-ring (bicyclic) bond motifs is 1. The molecule has 0 aliphatic carbocycles. The monoisotopic (exact) mass is 475 g/mol. The van der Waals surface area contributed by atoms with Crippen molar-refractivity contribution in [3.63, 3.8) is 0 Å². The molecule has 2 aliphatic rings. The second-order valence-corrected chi connectivity index (χ2v) is 10.3. The molecule has 2 saturated heterocycles. The summed E-state index contributed by atoms with van der Waals surface area (Å²) in [6.45, 7) is 6.21. The van der Waals surface area contributed by atoms with Crippen LogP contribution in [0, 0.1) is 0 Å². The Morgan fingerprint density at radius 2 is 1.77 bits per heavy atom. The van der Waals surface area contributed by atoms with Gasteiger partial charge in [0.2, 0.25) is 0 Å². The number of aryl methyl sites for hydroxylation is 1. The number of rotatable bonds is 6. The van der Waals surface area contributed by atoms with Crippen LogP contribution in [-0.2, 0) is 12.0 Å². The lowest BCUT2D eigenvalue weighted by Crippen LogP contribution is -2.42. The molecule has 3 aromatic rings. The number of hydrogen-bond acceptors (Lipinski definition) is 5. The van der Waals surface area contributed by atoms with E-state index in [9.17, 15) is 9.90 Å². The Labute approximate surface area is 208 Å². The van der Waals surface area contributed by atoms with Gasteiger partial charge in [-0.2, -0.15) is 0 Å². The van der Waals surface area contributed by atoms with Crippen LogP contribution in [0.3, 0.4) is 0 Å². The molecule has 186 valence electrons. The van der Waals surface area contributed by atoms with Crippen molar-refractivity contribution in [2.24, 2.45) is 0 Å². The summed E-state index contributed by atoms with van der Waals surface area (Å²) in [7, 11) is 2.09. The fraction of sp³-hybridized carbons (Fsp3) is 0.483. The fourth-order valence-corrected chi connectivity index (χ4v) is 5.43. The quantitative estimate of drug-likeness (QED) is 0.581. The van der Waals surface area contributed by atoms with Crippen LogP contribution in [0.4, 0.5) is 0 Å². The molecule has 0 bridgehead atoms. The van der Waals surface area contributed by atoms with Gasteiger partial charge in [0, 0.05) is 38.1 Å². The van der Waals surface area contributed by atoms with Crippen LogP contribution >= 0.6 is 0 Å². The highest BCUT2D eigenvalue weighted by Gasteiger charge is 2.34. The van der Waals surface area contributed by atoms with Gasteiger partial charge in [-0.1, -0.05) is 36.4 Å². The van der Waals surface area contributed by atoms with Crippen LogP contribution in [0.2, 0.25) is 0 Å². The highest BCUT2D eigenvalue weighted by Crippen LogP contribution is 2.35. The first-order valence-electron chi connectivity index (χ1n) is 13.0. The molecule has 0 unspecified atom stereocenters. The van der Waals surface area contributed by atoms with Gasteiger partial charge < -0.3 is 24.2 Å². The largest absolute Gasteiger partial charge is 0.451 e. The van der Waals surface area contributed by atoms with Gasteiger partial charge in [0.1, 0.15) is 5.58 Å². The third-order valence-electron chi connectivity index (χ3n) is 7.74. The minimum atomic E-state index is -0.832. The van der Waals surface area contributed by atoms with Crippen molar-refractivity contribution < 1.29 is 14.3 Å². The molecule has 0 atom stereocenters. The highest BCUT2D eigenvalue weighted by molar-refractivity contribution is 5.96. The van der Waals surface area contributed by atoms with E-state index in [0.29, 0.717) is 11.3 Å². The van der Waals surface area contributed by atoms with Crippen molar-refractivity contribution in [2.75, 3.05) is 52.9 Å². The third-order valence-corrected chi connectivity index (χ3v) is 7.74. The molecule has 3 heterocycles. The number of aliphatic hydroxyl groups is 1. The number of piperidine rings is 1. The summed E-state index contributed by atoms with van der Waals surface area (Å²) < 4.78 is 5.93. The van der Waals surface area contributed by atoms with E-state index in [4.69, 9.17) is 4.42 Å². The number of carbonyl (C=O) groups is 1. The first-order valence-corrected chi connectivity index (χ1v) is 13.0. The average molecular weight is 476 g/mol. The molecule has 0 spiro atoms. The van der Waals surface area contributed by atoms with Crippen molar-refractivity contribution in [3.8, 4) is 0 Å². The number of likely N-dealkylation sites (tertiary alicyclic amines) is 1. The maximum atomic E-state index is 13.1. The Morgan fingerprint density at radius 1 is 0.971 bits per heavy atom. The smallest absolute Gasteiger partial charge is 0.289 e. The zero-order chi connectivity index (χ0) is 24.3. The van der Waals surface area contributed by atoms with E-state index in [0.717, 1.165) is 88.9 Å². The summed E-state index contributed by atoms with van der Waals surface area (Å²) in [5, 5.41) is 12.3. The Hall–Kier alpha value is -2.67. The molecule has 0 saturated carbocycles. The van der Waals surface area contributed by atoms with Crippen molar-refractivity contribution in [1.29, 1.82) is 0 Å². The lowest BCUT2D eigenvalue weighted by atomic mass is 9.84. The molecule has 2 fully saturated rings. The number of likely N-dealkylation sites (N-methyl/N-ethyl adjacent to an activating group) is 1. The number of hydrogen-bond donors (Lipinski definition) is 1. The van der Waals surface area contributed by atoms with Gasteiger partial charge in [-0.3, -0.25) is 4.79 Å². The summed E-state index contributed by atoms with van der Waals surface area (Å²) >= 11 is 0. The summed E-state index contributed by atoms with van der Waals surface area (Å²) in [5.41, 5.74) is 2.17. The zero-order valence-corrected chi connectivity index (χ0v) is 20.8. The van der Waals surface area contributed by atoms with E-state index in [1.165, 1.54) is 5.56 Å². The molecule has 1 aromatic heterocycles. The molecular formula is C29H37N3O3. The lowest BCUT2D eigenvalue weighted by Gasteiger charge is -2.38. The molecule has 1 amide bonds. The van der Waals surface area contributed by atoms with Crippen LogP contribution in [0.5, 0.6) is 0 Å². The number of amides is 1. The number of furan rings is 1. The minimum absolute atomic E-state index is 0.0411. The molecule has 2 aromatic carbocycles. The highest BCUT2D eigenvalue weighted by atomic mass is 16.3. The van der Waals surface area contributed by atoms with Gasteiger partial charge in [-0.15, -0.1) is 0 Å². The van der Waals surface area contributed by atoms with Crippen molar-refractivity contribution in [3.05, 3.63) is 71.5 Å². The summed E-state index contributed by atoms with van der Waals surface area (Å²) in [6, 6.07) is 18.4. The minimum Gasteiger partial charge on any atom is -0.451 e. The molecule has 2 aliphatic heterocycles.